The van der Waals surface area contributed by atoms with Crippen LogP contribution in [0, 0.1) is 11.3 Å². The minimum Gasteiger partial charge on any atom is -0.497 e. The molecule has 2 aromatic carbocycles. The number of benzene rings is 2. The number of nitriles is 1. The first-order valence-corrected chi connectivity index (χ1v) is 9.14. The summed E-state index contributed by atoms with van der Waals surface area (Å²) >= 11 is 0. The van der Waals surface area contributed by atoms with Gasteiger partial charge in [-0.2, -0.15) is 5.26 Å². The fourth-order valence-electron chi connectivity index (χ4n) is 3.69. The van der Waals surface area contributed by atoms with Crippen LogP contribution in [0.2, 0.25) is 0 Å². The number of nitrogens with zero attached hydrogens (tertiary/aromatic N) is 2. The van der Waals surface area contributed by atoms with Crippen molar-refractivity contribution in [3.63, 3.8) is 0 Å². The number of aromatic nitrogens is 2. The lowest BCUT2D eigenvalue weighted by atomic mass is 9.82. The summed E-state index contributed by atoms with van der Waals surface area (Å²) in [5.74, 6) is 1.49. The van der Waals surface area contributed by atoms with Crippen LogP contribution < -0.4 is 24.7 Å². The SMILES string of the molecule is COc1cccc(-c2[nH]nc3c2[C@H](c2cccc(OC)c2OC)C(C#N)=C(N)O3)c1. The number of methoxy groups -OCH3 is 3. The van der Waals surface area contributed by atoms with Crippen molar-refractivity contribution < 1.29 is 18.9 Å². The number of hydrogen-bond acceptors (Lipinski definition) is 7. The summed E-state index contributed by atoms with van der Waals surface area (Å²) < 4.78 is 22.1. The third-order valence-corrected chi connectivity index (χ3v) is 5.04. The molecule has 1 aliphatic rings. The van der Waals surface area contributed by atoms with Crippen molar-refractivity contribution in [1.82, 2.24) is 10.2 Å². The molecule has 4 rings (SSSR count). The van der Waals surface area contributed by atoms with Gasteiger partial charge in [0.1, 0.15) is 17.4 Å². The van der Waals surface area contributed by atoms with Crippen molar-refractivity contribution in [2.75, 3.05) is 21.3 Å². The molecule has 0 aliphatic carbocycles. The Hall–Kier alpha value is -4.12. The van der Waals surface area contributed by atoms with E-state index in [1.165, 1.54) is 0 Å². The Kier molecular flexibility index (Phi) is 4.94. The number of H-pyrrole nitrogens is 1. The number of nitrogens with two attached hydrogens (primary N) is 1. The van der Waals surface area contributed by atoms with E-state index in [9.17, 15) is 5.26 Å². The second kappa shape index (κ2) is 7.72. The van der Waals surface area contributed by atoms with E-state index < -0.39 is 5.92 Å². The van der Waals surface area contributed by atoms with Gasteiger partial charge < -0.3 is 24.7 Å². The van der Waals surface area contributed by atoms with E-state index in [1.54, 1.807) is 27.4 Å². The molecule has 2 heterocycles. The van der Waals surface area contributed by atoms with Gasteiger partial charge in [0.05, 0.1) is 38.5 Å². The van der Waals surface area contributed by atoms with E-state index >= 15 is 0 Å². The molecule has 1 aromatic heterocycles. The van der Waals surface area contributed by atoms with Gasteiger partial charge >= 0.3 is 0 Å². The molecule has 0 amide bonds. The lowest BCUT2D eigenvalue weighted by Gasteiger charge is -2.26. The maximum atomic E-state index is 9.90. The van der Waals surface area contributed by atoms with Crippen molar-refractivity contribution in [2.45, 2.75) is 5.92 Å². The number of para-hydroxylation sites is 1. The Morgan fingerprint density at radius 2 is 1.90 bits per heavy atom. The summed E-state index contributed by atoms with van der Waals surface area (Å²) in [6.45, 7) is 0. The first-order valence-electron chi connectivity index (χ1n) is 9.14. The van der Waals surface area contributed by atoms with Crippen LogP contribution in [0.25, 0.3) is 11.3 Å². The third-order valence-electron chi connectivity index (χ3n) is 5.04. The third kappa shape index (κ3) is 2.97. The molecular weight excluding hydrogens is 384 g/mol. The van der Waals surface area contributed by atoms with Crippen LogP contribution in [0.15, 0.2) is 53.9 Å². The number of allylic oxidation sites excluding steroid dienone is 1. The number of nitrogens with one attached hydrogen (secondary N) is 1. The fourth-order valence-corrected chi connectivity index (χ4v) is 3.69. The Labute approximate surface area is 173 Å². The van der Waals surface area contributed by atoms with Gasteiger partial charge in [0.15, 0.2) is 11.5 Å². The van der Waals surface area contributed by atoms with E-state index in [1.807, 2.05) is 36.4 Å². The molecule has 3 N–H and O–H groups in total. The van der Waals surface area contributed by atoms with E-state index in [0.717, 1.165) is 5.56 Å². The maximum Gasteiger partial charge on any atom is 0.244 e. The van der Waals surface area contributed by atoms with Crippen LogP contribution >= 0.6 is 0 Å². The molecule has 0 saturated heterocycles. The zero-order chi connectivity index (χ0) is 21.3. The molecule has 0 saturated carbocycles. The molecule has 0 fully saturated rings. The average molecular weight is 404 g/mol. The van der Waals surface area contributed by atoms with E-state index in [0.29, 0.717) is 39.9 Å². The second-order valence-electron chi connectivity index (χ2n) is 6.56. The van der Waals surface area contributed by atoms with Crippen LogP contribution in [-0.2, 0) is 0 Å². The van der Waals surface area contributed by atoms with Crippen molar-refractivity contribution in [1.29, 1.82) is 5.26 Å². The van der Waals surface area contributed by atoms with Gasteiger partial charge in [-0.15, -0.1) is 5.10 Å². The number of hydrogen-bond donors (Lipinski definition) is 2. The molecule has 30 heavy (non-hydrogen) atoms. The Morgan fingerprint density at radius 1 is 1.10 bits per heavy atom. The molecule has 8 heteroatoms. The van der Waals surface area contributed by atoms with Crippen LogP contribution in [0.5, 0.6) is 23.1 Å². The van der Waals surface area contributed by atoms with Gasteiger partial charge in [-0.1, -0.05) is 24.3 Å². The highest BCUT2D eigenvalue weighted by Gasteiger charge is 2.37. The summed E-state index contributed by atoms with van der Waals surface area (Å²) in [5, 5.41) is 17.2. The topological polar surface area (TPSA) is 115 Å². The molecule has 3 aromatic rings. The number of rotatable bonds is 5. The van der Waals surface area contributed by atoms with Gasteiger partial charge in [0, 0.05) is 11.1 Å². The van der Waals surface area contributed by atoms with Crippen molar-refractivity contribution >= 4 is 0 Å². The van der Waals surface area contributed by atoms with Crippen LogP contribution in [0.4, 0.5) is 0 Å². The highest BCUT2D eigenvalue weighted by atomic mass is 16.5. The molecule has 0 radical (unpaired) electrons. The van der Waals surface area contributed by atoms with Crippen LogP contribution in [-0.4, -0.2) is 31.5 Å². The summed E-state index contributed by atoms with van der Waals surface area (Å²) in [4.78, 5) is 0. The smallest absolute Gasteiger partial charge is 0.244 e. The Morgan fingerprint density at radius 3 is 2.60 bits per heavy atom. The Balaban J connectivity index is 1.99. The van der Waals surface area contributed by atoms with Crippen LogP contribution in [0.3, 0.4) is 0 Å². The first kappa shape index (κ1) is 19.2. The molecule has 0 bridgehead atoms. The molecular formula is C22H20N4O4. The van der Waals surface area contributed by atoms with E-state index in [-0.39, 0.29) is 11.5 Å². The zero-order valence-corrected chi connectivity index (χ0v) is 16.7. The van der Waals surface area contributed by atoms with Gasteiger partial charge in [-0.3, -0.25) is 5.10 Å². The second-order valence-corrected chi connectivity index (χ2v) is 6.56. The lowest BCUT2D eigenvalue weighted by molar-refractivity contribution is 0.348. The Bertz CT molecular complexity index is 1180. The van der Waals surface area contributed by atoms with Gasteiger partial charge in [0.2, 0.25) is 11.8 Å². The molecule has 0 unspecified atom stereocenters. The lowest BCUT2D eigenvalue weighted by Crippen LogP contribution is -2.21. The summed E-state index contributed by atoms with van der Waals surface area (Å²) in [7, 11) is 4.72. The predicted octanol–water partition coefficient (Wildman–Crippen LogP) is 3.32. The van der Waals surface area contributed by atoms with E-state index in [4.69, 9.17) is 24.7 Å². The summed E-state index contributed by atoms with van der Waals surface area (Å²) in [6, 6.07) is 15.2. The minimum atomic E-state index is -0.566. The van der Waals surface area contributed by atoms with Gasteiger partial charge in [-0.25, -0.2) is 0 Å². The standard InChI is InChI=1S/C22H20N4O4/c1-27-13-7-4-6-12(10-13)19-18-17(14-8-5-9-16(28-2)20(14)29-3)15(11-23)21(24)30-22(18)26-25-19/h4-10,17H,24H2,1-3H3,(H,25,26)/t17-/m1/s1. The van der Waals surface area contributed by atoms with E-state index in [2.05, 4.69) is 16.3 Å². The average Bonchev–Trinajstić information content (AvgIpc) is 3.20. The first-order chi connectivity index (χ1) is 14.6. The zero-order valence-electron chi connectivity index (χ0n) is 16.7. The summed E-state index contributed by atoms with van der Waals surface area (Å²) in [6.07, 6.45) is 0. The summed E-state index contributed by atoms with van der Waals surface area (Å²) in [5.41, 5.74) is 9.26. The van der Waals surface area contributed by atoms with Gasteiger partial charge in [0.25, 0.3) is 0 Å². The molecule has 152 valence electrons. The quantitative estimate of drug-likeness (QED) is 0.670. The van der Waals surface area contributed by atoms with Crippen molar-refractivity contribution in [3.05, 3.63) is 65.0 Å². The van der Waals surface area contributed by atoms with Crippen molar-refractivity contribution in [3.8, 4) is 40.5 Å². The van der Waals surface area contributed by atoms with Crippen LogP contribution in [0.1, 0.15) is 17.0 Å². The largest absolute Gasteiger partial charge is 0.497 e. The predicted molar refractivity (Wildman–Crippen MR) is 109 cm³/mol. The normalized spacial score (nSPS) is 15.1. The molecule has 1 atom stereocenters. The van der Waals surface area contributed by atoms with Crippen molar-refractivity contribution in [2.24, 2.45) is 5.73 Å². The molecule has 1 aliphatic heterocycles. The number of ether oxygens (including phenoxy) is 4. The molecule has 8 nitrogen and oxygen atoms in total. The minimum absolute atomic E-state index is 0.00330. The monoisotopic (exact) mass is 404 g/mol. The molecule has 0 spiro atoms. The number of aromatic amines is 1. The van der Waals surface area contributed by atoms with Gasteiger partial charge in [-0.05, 0) is 18.2 Å². The maximum absolute atomic E-state index is 9.90. The number of fused-ring (bicyclic) bond motifs is 1. The fraction of sp³-hybridized carbons (Fsp3) is 0.182. The highest BCUT2D eigenvalue weighted by molar-refractivity contribution is 5.73. The highest BCUT2D eigenvalue weighted by Crippen LogP contribution is 2.49.